The fourth-order valence-electron chi connectivity index (χ4n) is 2.82. The summed E-state index contributed by atoms with van der Waals surface area (Å²) in [7, 11) is 0. The third kappa shape index (κ3) is 10.2. The zero-order valence-electron chi connectivity index (χ0n) is 18.9. The van der Waals surface area contributed by atoms with Crippen LogP contribution >= 0.6 is 15.9 Å². The van der Waals surface area contributed by atoms with Crippen LogP contribution in [0.5, 0.6) is 5.75 Å². The molecule has 174 valence electrons. The Hall–Kier alpha value is -2.54. The molecule has 0 aliphatic rings. The minimum Gasteiger partial charge on any atom is -0.494 e. The van der Waals surface area contributed by atoms with E-state index in [0.29, 0.717) is 6.61 Å². The van der Waals surface area contributed by atoms with E-state index in [2.05, 4.69) is 21.2 Å². The number of carbonyl (C=O) groups excluding carboxylic acids is 2. The summed E-state index contributed by atoms with van der Waals surface area (Å²) in [4.78, 5) is 25.1. The van der Waals surface area contributed by atoms with Gasteiger partial charge in [-0.1, -0.05) is 58.4 Å². The smallest absolute Gasteiger partial charge is 0.408 e. The fourth-order valence-corrected chi connectivity index (χ4v) is 3.21. The molecule has 0 saturated heterocycles. The van der Waals surface area contributed by atoms with E-state index in [1.54, 1.807) is 20.8 Å². The summed E-state index contributed by atoms with van der Waals surface area (Å²) in [5.74, 6) is 0.251. The number of halogens is 1. The van der Waals surface area contributed by atoms with E-state index in [0.717, 1.165) is 35.0 Å². The molecule has 1 amide bonds. The molecule has 2 aromatic rings. The van der Waals surface area contributed by atoms with Crippen LogP contribution in [0.25, 0.3) is 0 Å². The lowest BCUT2D eigenvalue weighted by molar-refractivity contribution is -0.147. The number of nitrogens with one attached hydrogen (secondary N) is 1. The molecular formula is C25H32BrNO5. The third-order valence-electron chi connectivity index (χ3n) is 4.36. The molecule has 0 bridgehead atoms. The minimum absolute atomic E-state index is 0.132. The Balaban J connectivity index is 2.01. The molecule has 0 aromatic heterocycles. The zero-order valence-corrected chi connectivity index (χ0v) is 20.5. The maximum Gasteiger partial charge on any atom is 0.408 e. The highest BCUT2D eigenvalue weighted by Crippen LogP contribution is 2.15. The summed E-state index contributed by atoms with van der Waals surface area (Å²) in [6.07, 6.45) is 1.64. The van der Waals surface area contributed by atoms with Crippen molar-refractivity contribution in [2.45, 2.75) is 58.3 Å². The molecule has 32 heavy (non-hydrogen) atoms. The highest BCUT2D eigenvalue weighted by atomic mass is 79.9. The molecule has 0 fully saturated rings. The van der Waals surface area contributed by atoms with Crippen LogP contribution in [0.2, 0.25) is 0 Å². The number of ether oxygens (including phenoxy) is 3. The molecule has 2 aromatic carbocycles. The number of hydrogen-bond donors (Lipinski definition) is 1. The fraction of sp³-hybridized carbons (Fsp3) is 0.440. The van der Waals surface area contributed by atoms with Crippen molar-refractivity contribution in [1.82, 2.24) is 5.32 Å². The summed E-state index contributed by atoms with van der Waals surface area (Å²) in [6.45, 7) is 6.09. The monoisotopic (exact) mass is 505 g/mol. The number of alkyl halides is 1. The number of hydrogen-bond acceptors (Lipinski definition) is 5. The second-order valence-corrected chi connectivity index (χ2v) is 9.18. The molecule has 1 atom stereocenters. The number of unbranched alkanes of at least 4 members (excludes halogenated alkanes) is 1. The second-order valence-electron chi connectivity index (χ2n) is 8.38. The Labute approximate surface area is 198 Å². The second kappa shape index (κ2) is 13.1. The van der Waals surface area contributed by atoms with Gasteiger partial charge in [-0.15, -0.1) is 0 Å². The van der Waals surface area contributed by atoms with Gasteiger partial charge in [0.05, 0.1) is 6.61 Å². The quantitative estimate of drug-likeness (QED) is 0.250. The summed E-state index contributed by atoms with van der Waals surface area (Å²) in [5, 5.41) is 3.61. The van der Waals surface area contributed by atoms with Gasteiger partial charge in [0.15, 0.2) is 0 Å². The average molecular weight is 506 g/mol. The molecule has 7 heteroatoms. The molecule has 0 saturated carbocycles. The van der Waals surface area contributed by atoms with Gasteiger partial charge in [-0.2, -0.15) is 0 Å². The molecule has 2 rings (SSSR count). The molecular weight excluding hydrogens is 474 g/mol. The zero-order chi connectivity index (χ0) is 23.4. The molecule has 0 aliphatic heterocycles. The van der Waals surface area contributed by atoms with Crippen LogP contribution in [-0.2, 0) is 27.3 Å². The molecule has 0 unspecified atom stereocenters. The van der Waals surface area contributed by atoms with E-state index in [4.69, 9.17) is 14.2 Å². The van der Waals surface area contributed by atoms with Gasteiger partial charge in [0.25, 0.3) is 0 Å². The van der Waals surface area contributed by atoms with E-state index >= 15 is 0 Å². The van der Waals surface area contributed by atoms with E-state index in [1.165, 1.54) is 0 Å². The first-order valence-electron chi connectivity index (χ1n) is 10.7. The van der Waals surface area contributed by atoms with Crippen molar-refractivity contribution >= 4 is 28.0 Å². The van der Waals surface area contributed by atoms with Crippen molar-refractivity contribution in [3.63, 3.8) is 0 Å². The Bertz CT molecular complexity index is 834. The van der Waals surface area contributed by atoms with Gasteiger partial charge in [-0.25, -0.2) is 9.59 Å². The number of amides is 1. The van der Waals surface area contributed by atoms with Crippen molar-refractivity contribution in [3.8, 4) is 5.75 Å². The maximum absolute atomic E-state index is 12.8. The topological polar surface area (TPSA) is 73.9 Å². The molecule has 1 N–H and O–H groups in total. The normalized spacial score (nSPS) is 12.0. The lowest BCUT2D eigenvalue weighted by Crippen LogP contribution is -2.45. The average Bonchev–Trinajstić information content (AvgIpc) is 2.75. The van der Waals surface area contributed by atoms with Crippen LogP contribution in [0.3, 0.4) is 0 Å². The highest BCUT2D eigenvalue weighted by molar-refractivity contribution is 9.09. The Kier molecular flexibility index (Phi) is 10.5. The van der Waals surface area contributed by atoms with Crippen molar-refractivity contribution < 1.29 is 23.8 Å². The number of esters is 1. The summed E-state index contributed by atoms with van der Waals surface area (Å²) in [6, 6.07) is 16.0. The molecule has 0 radical (unpaired) electrons. The van der Waals surface area contributed by atoms with Crippen molar-refractivity contribution in [1.29, 1.82) is 0 Å². The first kappa shape index (κ1) is 25.7. The van der Waals surface area contributed by atoms with Gasteiger partial charge in [-0.3, -0.25) is 0 Å². The summed E-state index contributed by atoms with van der Waals surface area (Å²) in [5.41, 5.74) is 1.07. The Morgan fingerprint density at radius 1 is 0.969 bits per heavy atom. The number of benzene rings is 2. The van der Waals surface area contributed by atoms with Gasteiger partial charge in [0, 0.05) is 11.8 Å². The molecule has 0 heterocycles. The van der Waals surface area contributed by atoms with Gasteiger partial charge >= 0.3 is 12.1 Å². The predicted octanol–water partition coefficient (Wildman–Crippen LogP) is 5.42. The molecule has 0 aliphatic carbocycles. The highest BCUT2D eigenvalue weighted by Gasteiger charge is 2.26. The van der Waals surface area contributed by atoms with Gasteiger partial charge < -0.3 is 19.5 Å². The van der Waals surface area contributed by atoms with Crippen LogP contribution in [0, 0.1) is 0 Å². The molecule has 6 nitrogen and oxygen atoms in total. The minimum atomic E-state index is -0.876. The van der Waals surface area contributed by atoms with Crippen molar-refractivity contribution in [2.24, 2.45) is 0 Å². The SMILES string of the molecule is CC(C)(C)OC(=O)N[C@@H](Cc1ccc(OCCCCBr)cc1)C(=O)OCc1ccccc1. The number of alkyl carbamates (subject to hydrolysis) is 1. The maximum atomic E-state index is 12.8. The van der Waals surface area contributed by atoms with E-state index in [9.17, 15) is 9.59 Å². The number of carbonyl (C=O) groups is 2. The first-order chi connectivity index (χ1) is 15.3. The van der Waals surface area contributed by atoms with Crippen LogP contribution in [0.4, 0.5) is 4.79 Å². The van der Waals surface area contributed by atoms with Crippen LogP contribution in [0.15, 0.2) is 54.6 Å². The summed E-state index contributed by atoms with van der Waals surface area (Å²) >= 11 is 3.40. The van der Waals surface area contributed by atoms with Gasteiger partial charge in [0.2, 0.25) is 0 Å². The van der Waals surface area contributed by atoms with Crippen molar-refractivity contribution in [2.75, 3.05) is 11.9 Å². The largest absolute Gasteiger partial charge is 0.494 e. The van der Waals surface area contributed by atoms with Gasteiger partial charge in [-0.05, 0) is 56.9 Å². The first-order valence-corrected chi connectivity index (χ1v) is 11.9. The lowest BCUT2D eigenvalue weighted by Gasteiger charge is -2.23. The standard InChI is InChI=1S/C25H32BrNO5/c1-25(2,3)32-24(29)27-22(23(28)31-18-20-9-5-4-6-10-20)17-19-11-13-21(14-12-19)30-16-8-7-15-26/h4-6,9-14,22H,7-8,15-18H2,1-3H3,(H,27,29)/t22-/m0/s1. The van der Waals surface area contributed by atoms with E-state index < -0.39 is 23.7 Å². The third-order valence-corrected chi connectivity index (χ3v) is 4.92. The lowest BCUT2D eigenvalue weighted by atomic mass is 10.1. The van der Waals surface area contributed by atoms with Crippen LogP contribution < -0.4 is 10.1 Å². The van der Waals surface area contributed by atoms with E-state index in [1.807, 2.05) is 54.6 Å². The van der Waals surface area contributed by atoms with Crippen LogP contribution in [0.1, 0.15) is 44.7 Å². The number of rotatable bonds is 11. The predicted molar refractivity (Wildman–Crippen MR) is 128 cm³/mol. The molecule has 0 spiro atoms. The van der Waals surface area contributed by atoms with Crippen LogP contribution in [-0.4, -0.2) is 35.6 Å². The van der Waals surface area contributed by atoms with E-state index in [-0.39, 0.29) is 13.0 Å². The summed E-state index contributed by atoms with van der Waals surface area (Å²) < 4.78 is 16.5. The van der Waals surface area contributed by atoms with Gasteiger partial charge in [0.1, 0.15) is 24.0 Å². The Morgan fingerprint density at radius 2 is 1.66 bits per heavy atom. The Morgan fingerprint density at radius 3 is 2.28 bits per heavy atom. The van der Waals surface area contributed by atoms with Crippen molar-refractivity contribution in [3.05, 3.63) is 65.7 Å².